The van der Waals surface area contributed by atoms with Crippen LogP contribution in [0.15, 0.2) is 40.5 Å². The molecule has 4 rings (SSSR count). The maximum Gasteiger partial charge on any atom is 0.335 e. The zero-order valence-corrected chi connectivity index (χ0v) is 15.4. The lowest BCUT2D eigenvalue weighted by Gasteiger charge is -2.23. The van der Waals surface area contributed by atoms with Crippen molar-refractivity contribution in [2.75, 3.05) is 6.54 Å². The molecule has 0 unspecified atom stereocenters. The fourth-order valence-electron chi connectivity index (χ4n) is 3.32. The van der Waals surface area contributed by atoms with Gasteiger partial charge in [-0.1, -0.05) is 0 Å². The van der Waals surface area contributed by atoms with E-state index in [0.29, 0.717) is 17.7 Å². The van der Waals surface area contributed by atoms with E-state index in [0.717, 1.165) is 23.5 Å². The Morgan fingerprint density at radius 1 is 1.30 bits per heavy atom. The normalized spacial score (nSPS) is 16.6. The monoisotopic (exact) mass is 383 g/mol. The second kappa shape index (κ2) is 6.96. The van der Waals surface area contributed by atoms with E-state index in [1.54, 1.807) is 22.3 Å². The van der Waals surface area contributed by atoms with Crippen molar-refractivity contribution in [1.29, 1.82) is 0 Å². The van der Waals surface area contributed by atoms with E-state index in [2.05, 4.69) is 9.97 Å². The van der Waals surface area contributed by atoms with Crippen molar-refractivity contribution in [3.8, 4) is 11.5 Å². The number of thiazole rings is 1. The predicted octanol–water partition coefficient (Wildman–Crippen LogP) is 3.78. The summed E-state index contributed by atoms with van der Waals surface area (Å²) in [7, 11) is 0. The number of aromatic nitrogens is 2. The molecule has 27 heavy (non-hydrogen) atoms. The molecule has 1 N–H and O–H groups in total. The molecule has 7 nitrogen and oxygen atoms in total. The molecule has 1 aliphatic heterocycles. The first-order chi connectivity index (χ1) is 13.0. The molecular weight excluding hydrogens is 366 g/mol. The Hall–Kier alpha value is -3.00. The van der Waals surface area contributed by atoms with Gasteiger partial charge in [0, 0.05) is 28.7 Å². The summed E-state index contributed by atoms with van der Waals surface area (Å²) >= 11 is 1.55. The van der Waals surface area contributed by atoms with Crippen LogP contribution in [0.1, 0.15) is 50.3 Å². The van der Waals surface area contributed by atoms with E-state index in [9.17, 15) is 14.7 Å². The topological polar surface area (TPSA) is 96.5 Å². The minimum absolute atomic E-state index is 0.0230. The number of amides is 1. The molecule has 1 atom stereocenters. The van der Waals surface area contributed by atoms with Crippen molar-refractivity contribution in [3.63, 3.8) is 0 Å². The van der Waals surface area contributed by atoms with Gasteiger partial charge in [-0.3, -0.25) is 4.79 Å². The van der Waals surface area contributed by atoms with Crippen LogP contribution in [0.2, 0.25) is 0 Å². The molecule has 1 aromatic carbocycles. The lowest BCUT2D eigenvalue weighted by atomic mass is 10.0. The summed E-state index contributed by atoms with van der Waals surface area (Å²) in [6, 6.07) is 4.41. The van der Waals surface area contributed by atoms with E-state index in [1.165, 1.54) is 24.6 Å². The number of carbonyl (C=O) groups excluding carboxylic acids is 1. The molecule has 3 aromatic rings. The van der Waals surface area contributed by atoms with Crippen LogP contribution in [0.3, 0.4) is 0 Å². The second-order valence-corrected chi connectivity index (χ2v) is 7.31. The third-order valence-electron chi connectivity index (χ3n) is 4.54. The molecule has 8 heteroatoms. The molecular formula is C19H17N3O4S. The van der Waals surface area contributed by atoms with Gasteiger partial charge in [-0.25, -0.2) is 14.8 Å². The van der Waals surface area contributed by atoms with Crippen LogP contribution in [0.5, 0.6) is 0 Å². The molecule has 0 aliphatic carbocycles. The molecule has 1 saturated heterocycles. The summed E-state index contributed by atoms with van der Waals surface area (Å²) in [5.74, 6) is -1.03. The Labute approximate surface area is 159 Å². The minimum atomic E-state index is -1.11. The van der Waals surface area contributed by atoms with E-state index in [1.807, 2.05) is 12.3 Å². The summed E-state index contributed by atoms with van der Waals surface area (Å²) in [4.78, 5) is 35.1. The molecule has 3 heterocycles. The summed E-state index contributed by atoms with van der Waals surface area (Å²) in [6.07, 6.45) is 4.63. The zero-order valence-electron chi connectivity index (χ0n) is 14.6. The zero-order chi connectivity index (χ0) is 19.0. The van der Waals surface area contributed by atoms with E-state index in [4.69, 9.17) is 4.42 Å². The van der Waals surface area contributed by atoms with Crippen molar-refractivity contribution in [2.45, 2.75) is 25.8 Å². The largest absolute Gasteiger partial charge is 0.478 e. The highest BCUT2D eigenvalue weighted by atomic mass is 32.1. The van der Waals surface area contributed by atoms with Gasteiger partial charge in [0.15, 0.2) is 0 Å². The van der Waals surface area contributed by atoms with E-state index >= 15 is 0 Å². The molecule has 1 amide bonds. The number of likely N-dealkylation sites (tertiary alicyclic amines) is 1. The number of aromatic carboxylic acids is 1. The number of aryl methyl sites for hydroxylation is 1. The van der Waals surface area contributed by atoms with Crippen LogP contribution >= 0.6 is 11.3 Å². The second-order valence-electron chi connectivity index (χ2n) is 6.43. The standard InChI is InChI=1S/C19H17N3O4S/c1-11-10-27-17(21-11)15-3-2-5-22(15)18(23)13-7-12(16-20-4-6-26-16)8-14(9-13)19(24)25/h4,6-10,15H,2-3,5H2,1H3,(H,24,25)/t15-/m0/s1. The number of carboxylic acid groups (broad SMARTS) is 1. The molecule has 1 aliphatic rings. The number of oxazole rings is 1. The van der Waals surface area contributed by atoms with Crippen molar-refractivity contribution >= 4 is 23.2 Å². The third kappa shape index (κ3) is 3.35. The minimum Gasteiger partial charge on any atom is -0.478 e. The van der Waals surface area contributed by atoms with Gasteiger partial charge >= 0.3 is 5.97 Å². The molecule has 0 radical (unpaired) electrons. The summed E-state index contributed by atoms with van der Waals surface area (Å²) < 4.78 is 5.27. The predicted molar refractivity (Wildman–Crippen MR) is 98.8 cm³/mol. The van der Waals surface area contributed by atoms with Crippen LogP contribution in [-0.4, -0.2) is 38.4 Å². The first-order valence-electron chi connectivity index (χ1n) is 8.54. The average Bonchev–Trinajstić information content (AvgIpc) is 3.41. The number of carboxylic acids is 1. The Morgan fingerprint density at radius 2 is 2.11 bits per heavy atom. The van der Waals surface area contributed by atoms with Gasteiger partial charge in [-0.2, -0.15) is 0 Å². The average molecular weight is 383 g/mol. The number of hydrogen-bond acceptors (Lipinski definition) is 6. The SMILES string of the molecule is Cc1csc([C@@H]2CCCN2C(=O)c2cc(C(=O)O)cc(-c3ncco3)c2)n1. The Balaban J connectivity index is 1.71. The maximum absolute atomic E-state index is 13.2. The van der Waals surface area contributed by atoms with Crippen LogP contribution in [0.4, 0.5) is 0 Å². The fraction of sp³-hybridized carbons (Fsp3) is 0.263. The van der Waals surface area contributed by atoms with Gasteiger partial charge in [0.2, 0.25) is 5.89 Å². The molecule has 0 spiro atoms. The molecule has 1 fully saturated rings. The number of hydrogen-bond donors (Lipinski definition) is 1. The molecule has 2 aromatic heterocycles. The van der Waals surface area contributed by atoms with Gasteiger partial charge in [0.1, 0.15) is 11.3 Å². The number of benzene rings is 1. The van der Waals surface area contributed by atoms with Crippen molar-refractivity contribution < 1.29 is 19.1 Å². The third-order valence-corrected chi connectivity index (χ3v) is 5.61. The quantitative estimate of drug-likeness (QED) is 0.736. The van der Waals surface area contributed by atoms with Gasteiger partial charge in [-0.15, -0.1) is 11.3 Å². The van der Waals surface area contributed by atoms with Gasteiger partial charge in [-0.05, 0) is 38.0 Å². The smallest absolute Gasteiger partial charge is 0.335 e. The lowest BCUT2D eigenvalue weighted by Crippen LogP contribution is -2.30. The Bertz CT molecular complexity index is 996. The fourth-order valence-corrected chi connectivity index (χ4v) is 4.26. The van der Waals surface area contributed by atoms with E-state index < -0.39 is 5.97 Å². The van der Waals surface area contributed by atoms with Crippen LogP contribution < -0.4 is 0 Å². The number of rotatable bonds is 4. The Kier molecular flexibility index (Phi) is 4.49. The van der Waals surface area contributed by atoms with E-state index in [-0.39, 0.29) is 23.4 Å². The molecule has 138 valence electrons. The highest BCUT2D eigenvalue weighted by molar-refractivity contribution is 7.09. The van der Waals surface area contributed by atoms with Crippen molar-refractivity contribution in [3.05, 3.63) is 57.9 Å². The Morgan fingerprint density at radius 3 is 2.78 bits per heavy atom. The van der Waals surface area contributed by atoms with Gasteiger partial charge in [0.05, 0.1) is 17.8 Å². The number of nitrogens with zero attached hydrogens (tertiary/aromatic N) is 3. The highest BCUT2D eigenvalue weighted by Crippen LogP contribution is 2.35. The van der Waals surface area contributed by atoms with Crippen LogP contribution in [0, 0.1) is 6.92 Å². The molecule has 0 bridgehead atoms. The number of carbonyl (C=O) groups is 2. The van der Waals surface area contributed by atoms with Gasteiger partial charge < -0.3 is 14.4 Å². The van der Waals surface area contributed by atoms with Gasteiger partial charge in [0.25, 0.3) is 5.91 Å². The first kappa shape index (κ1) is 17.4. The summed E-state index contributed by atoms with van der Waals surface area (Å²) in [5.41, 5.74) is 1.73. The first-order valence-corrected chi connectivity index (χ1v) is 9.42. The summed E-state index contributed by atoms with van der Waals surface area (Å²) in [5, 5.41) is 12.3. The summed E-state index contributed by atoms with van der Waals surface area (Å²) in [6.45, 7) is 2.55. The van der Waals surface area contributed by atoms with Crippen LogP contribution in [-0.2, 0) is 0 Å². The maximum atomic E-state index is 13.2. The van der Waals surface area contributed by atoms with Crippen LogP contribution in [0.25, 0.3) is 11.5 Å². The van der Waals surface area contributed by atoms with Crippen molar-refractivity contribution in [2.24, 2.45) is 0 Å². The lowest BCUT2D eigenvalue weighted by molar-refractivity contribution is 0.0697. The molecule has 0 saturated carbocycles. The highest BCUT2D eigenvalue weighted by Gasteiger charge is 2.33. The van der Waals surface area contributed by atoms with Crippen molar-refractivity contribution in [1.82, 2.24) is 14.9 Å².